The highest BCUT2D eigenvalue weighted by atomic mass is 35.5. The van der Waals surface area contributed by atoms with Gasteiger partial charge in [-0.3, -0.25) is 9.59 Å². The van der Waals surface area contributed by atoms with Crippen LogP contribution < -0.4 is 5.32 Å². The fourth-order valence-electron chi connectivity index (χ4n) is 1.48. The standard InChI is InChI=1S/C11H14ClNO3S/c1-2-3-7(6-10(14)15)13-11(16)8-4-5-9(12)17-8/h4-5,7H,2-3,6H2,1H3,(H,13,16)(H,14,15). The van der Waals surface area contributed by atoms with Crippen LogP contribution in [0.5, 0.6) is 0 Å². The van der Waals surface area contributed by atoms with Crippen LogP contribution in [-0.4, -0.2) is 23.0 Å². The lowest BCUT2D eigenvalue weighted by atomic mass is 10.1. The second-order valence-corrected chi connectivity index (χ2v) is 5.38. The second-order valence-electron chi connectivity index (χ2n) is 3.66. The van der Waals surface area contributed by atoms with Crippen molar-refractivity contribution in [1.29, 1.82) is 0 Å². The van der Waals surface area contributed by atoms with Gasteiger partial charge in [0.05, 0.1) is 15.6 Å². The van der Waals surface area contributed by atoms with E-state index >= 15 is 0 Å². The summed E-state index contributed by atoms with van der Waals surface area (Å²) in [5, 5.41) is 11.4. The molecule has 6 heteroatoms. The molecule has 1 unspecified atom stereocenters. The summed E-state index contributed by atoms with van der Waals surface area (Å²) in [4.78, 5) is 22.9. The molecule has 1 rings (SSSR count). The van der Waals surface area contributed by atoms with Crippen molar-refractivity contribution < 1.29 is 14.7 Å². The van der Waals surface area contributed by atoms with Gasteiger partial charge in [0, 0.05) is 6.04 Å². The lowest BCUT2D eigenvalue weighted by Gasteiger charge is -2.15. The Bertz CT molecular complexity index is 405. The molecule has 1 heterocycles. The first-order valence-electron chi connectivity index (χ1n) is 5.31. The summed E-state index contributed by atoms with van der Waals surface area (Å²) in [6, 6.07) is 2.95. The molecule has 2 N–H and O–H groups in total. The average Bonchev–Trinajstić information content (AvgIpc) is 2.64. The number of nitrogens with one attached hydrogen (secondary N) is 1. The van der Waals surface area contributed by atoms with Gasteiger partial charge in [0.2, 0.25) is 0 Å². The van der Waals surface area contributed by atoms with E-state index in [1.807, 2.05) is 6.92 Å². The van der Waals surface area contributed by atoms with Gasteiger partial charge in [-0.1, -0.05) is 24.9 Å². The van der Waals surface area contributed by atoms with Crippen molar-refractivity contribution in [2.24, 2.45) is 0 Å². The fourth-order valence-corrected chi connectivity index (χ4v) is 2.42. The van der Waals surface area contributed by atoms with Crippen molar-refractivity contribution in [2.45, 2.75) is 32.2 Å². The summed E-state index contributed by atoms with van der Waals surface area (Å²) < 4.78 is 0.542. The number of amides is 1. The number of carbonyl (C=O) groups is 2. The number of carboxylic acids is 1. The van der Waals surface area contributed by atoms with Crippen molar-refractivity contribution in [1.82, 2.24) is 5.32 Å². The molecule has 0 saturated heterocycles. The molecule has 1 amide bonds. The molecule has 0 spiro atoms. The third-order valence-electron chi connectivity index (χ3n) is 2.19. The zero-order valence-electron chi connectivity index (χ0n) is 9.40. The highest BCUT2D eigenvalue weighted by molar-refractivity contribution is 7.17. The number of carboxylic acid groups (broad SMARTS) is 1. The van der Waals surface area contributed by atoms with Crippen LogP contribution >= 0.6 is 22.9 Å². The van der Waals surface area contributed by atoms with Gasteiger partial charge in [-0.15, -0.1) is 11.3 Å². The van der Waals surface area contributed by atoms with Gasteiger partial charge in [-0.25, -0.2) is 0 Å². The third kappa shape index (κ3) is 4.75. The van der Waals surface area contributed by atoms with Crippen LogP contribution in [0.15, 0.2) is 12.1 Å². The Morgan fingerprint density at radius 1 is 1.53 bits per heavy atom. The van der Waals surface area contributed by atoms with Crippen molar-refractivity contribution in [3.8, 4) is 0 Å². The predicted octanol–water partition coefficient (Wildman–Crippen LogP) is 2.77. The second kappa shape index (κ2) is 6.61. The molecule has 0 aliphatic carbocycles. The van der Waals surface area contributed by atoms with Crippen molar-refractivity contribution >= 4 is 34.8 Å². The van der Waals surface area contributed by atoms with E-state index in [2.05, 4.69) is 5.32 Å². The Morgan fingerprint density at radius 2 is 2.24 bits per heavy atom. The quantitative estimate of drug-likeness (QED) is 0.839. The zero-order chi connectivity index (χ0) is 12.8. The Balaban J connectivity index is 2.60. The Kier molecular flexibility index (Phi) is 5.44. The minimum atomic E-state index is -0.909. The predicted molar refractivity (Wildman–Crippen MR) is 67.7 cm³/mol. The molecule has 1 aromatic heterocycles. The molecule has 4 nitrogen and oxygen atoms in total. The molecule has 0 radical (unpaired) electrons. The summed E-state index contributed by atoms with van der Waals surface area (Å²) in [7, 11) is 0. The molecule has 1 aromatic rings. The summed E-state index contributed by atoms with van der Waals surface area (Å²) in [6.45, 7) is 1.95. The number of hydrogen-bond acceptors (Lipinski definition) is 3. The summed E-state index contributed by atoms with van der Waals surface area (Å²) in [5.41, 5.74) is 0. The molecule has 0 fully saturated rings. The summed E-state index contributed by atoms with van der Waals surface area (Å²) >= 11 is 6.91. The van der Waals surface area contributed by atoms with E-state index in [9.17, 15) is 9.59 Å². The Morgan fingerprint density at radius 3 is 2.71 bits per heavy atom. The maximum atomic E-state index is 11.8. The Labute approximate surface area is 109 Å². The maximum Gasteiger partial charge on any atom is 0.305 e. The SMILES string of the molecule is CCCC(CC(=O)O)NC(=O)c1ccc(Cl)s1. The highest BCUT2D eigenvalue weighted by Gasteiger charge is 2.17. The number of carbonyl (C=O) groups excluding carboxylic acids is 1. The van der Waals surface area contributed by atoms with Crippen LogP contribution in [0.25, 0.3) is 0 Å². The molecule has 0 saturated carbocycles. The number of halogens is 1. The number of hydrogen-bond donors (Lipinski definition) is 2. The molecule has 1 atom stereocenters. The normalized spacial score (nSPS) is 12.1. The first-order chi connectivity index (χ1) is 8.02. The van der Waals surface area contributed by atoms with E-state index in [1.165, 1.54) is 11.3 Å². The van der Waals surface area contributed by atoms with Crippen molar-refractivity contribution in [3.05, 3.63) is 21.3 Å². The minimum Gasteiger partial charge on any atom is -0.481 e. The van der Waals surface area contributed by atoms with E-state index in [4.69, 9.17) is 16.7 Å². The molecule has 0 aliphatic heterocycles. The number of aliphatic carboxylic acids is 1. The van der Waals surface area contributed by atoms with Crippen molar-refractivity contribution in [3.63, 3.8) is 0 Å². The molecule has 17 heavy (non-hydrogen) atoms. The van der Waals surface area contributed by atoms with E-state index in [-0.39, 0.29) is 18.4 Å². The van der Waals surface area contributed by atoms with Gasteiger partial charge in [-0.05, 0) is 18.6 Å². The van der Waals surface area contributed by atoms with Gasteiger partial charge in [0.25, 0.3) is 5.91 Å². The van der Waals surface area contributed by atoms with Crippen LogP contribution in [0.4, 0.5) is 0 Å². The molecule has 0 aromatic carbocycles. The molecular formula is C11H14ClNO3S. The first kappa shape index (κ1) is 14.0. The lowest BCUT2D eigenvalue weighted by Crippen LogP contribution is -2.36. The number of rotatable bonds is 6. The largest absolute Gasteiger partial charge is 0.481 e. The first-order valence-corrected chi connectivity index (χ1v) is 6.50. The van der Waals surface area contributed by atoms with Gasteiger partial charge < -0.3 is 10.4 Å². The van der Waals surface area contributed by atoms with Crippen LogP contribution in [0.1, 0.15) is 35.9 Å². The van der Waals surface area contributed by atoms with E-state index in [1.54, 1.807) is 12.1 Å². The summed E-state index contributed by atoms with van der Waals surface area (Å²) in [6.07, 6.45) is 1.42. The van der Waals surface area contributed by atoms with Gasteiger partial charge in [0.1, 0.15) is 0 Å². The molecule has 94 valence electrons. The molecule has 0 bridgehead atoms. The highest BCUT2D eigenvalue weighted by Crippen LogP contribution is 2.21. The topological polar surface area (TPSA) is 66.4 Å². The van der Waals surface area contributed by atoms with E-state index < -0.39 is 5.97 Å². The van der Waals surface area contributed by atoms with Gasteiger partial charge >= 0.3 is 5.97 Å². The minimum absolute atomic E-state index is 0.0569. The monoisotopic (exact) mass is 275 g/mol. The summed E-state index contributed by atoms with van der Waals surface area (Å²) in [5.74, 6) is -1.17. The molecule has 0 aliphatic rings. The molecular weight excluding hydrogens is 262 g/mol. The van der Waals surface area contributed by atoms with Crippen LogP contribution in [0, 0.1) is 0 Å². The van der Waals surface area contributed by atoms with Gasteiger partial charge in [0.15, 0.2) is 0 Å². The van der Waals surface area contributed by atoms with E-state index in [0.717, 1.165) is 6.42 Å². The smallest absolute Gasteiger partial charge is 0.305 e. The maximum absolute atomic E-state index is 11.8. The van der Waals surface area contributed by atoms with Crippen LogP contribution in [0.2, 0.25) is 4.34 Å². The zero-order valence-corrected chi connectivity index (χ0v) is 11.0. The lowest BCUT2D eigenvalue weighted by molar-refractivity contribution is -0.137. The van der Waals surface area contributed by atoms with Crippen LogP contribution in [0.3, 0.4) is 0 Å². The fraction of sp³-hybridized carbons (Fsp3) is 0.455. The third-order valence-corrected chi connectivity index (χ3v) is 3.42. The van der Waals surface area contributed by atoms with Gasteiger partial charge in [-0.2, -0.15) is 0 Å². The Hall–Kier alpha value is -1.07. The van der Waals surface area contributed by atoms with Crippen LogP contribution in [-0.2, 0) is 4.79 Å². The van der Waals surface area contributed by atoms with Crippen molar-refractivity contribution in [2.75, 3.05) is 0 Å². The van der Waals surface area contributed by atoms with E-state index in [0.29, 0.717) is 15.6 Å². The average molecular weight is 276 g/mol. The number of thiophene rings is 1.